The second kappa shape index (κ2) is 11.9. The van der Waals surface area contributed by atoms with E-state index in [1.54, 1.807) is 14.2 Å². The van der Waals surface area contributed by atoms with Gasteiger partial charge in [0.05, 0.1) is 19.4 Å². The van der Waals surface area contributed by atoms with Gasteiger partial charge in [-0.15, -0.1) is 0 Å². The third kappa shape index (κ3) is 7.07. The fourth-order valence-electron chi connectivity index (χ4n) is 2.54. The molecule has 0 bridgehead atoms. The summed E-state index contributed by atoms with van der Waals surface area (Å²) >= 11 is 3.51. The van der Waals surface area contributed by atoms with Gasteiger partial charge < -0.3 is 20.5 Å². The predicted octanol–water partition coefficient (Wildman–Crippen LogP) is 5.78. The molecule has 2 aromatic carbocycles. The number of halogens is 1. The number of nitrogens with two attached hydrogens (primary N) is 1. The number of hydrogen-bond donors (Lipinski definition) is 2. The van der Waals surface area contributed by atoms with Crippen LogP contribution in [-0.2, 0) is 11.2 Å². The fourth-order valence-corrected chi connectivity index (χ4v) is 3.13. The maximum Gasteiger partial charge on any atom is 0.144 e. The van der Waals surface area contributed by atoms with Crippen LogP contribution in [0.15, 0.2) is 34.8 Å². The summed E-state index contributed by atoms with van der Waals surface area (Å²) in [5.41, 5.74) is 11.5. The van der Waals surface area contributed by atoms with E-state index in [0.29, 0.717) is 24.8 Å². The highest BCUT2D eigenvalue weighted by Crippen LogP contribution is 2.39. The van der Waals surface area contributed by atoms with Crippen molar-refractivity contribution in [2.45, 2.75) is 40.0 Å². The van der Waals surface area contributed by atoms with E-state index in [1.165, 1.54) is 11.1 Å². The summed E-state index contributed by atoms with van der Waals surface area (Å²) < 4.78 is 11.3. The van der Waals surface area contributed by atoms with Gasteiger partial charge in [-0.2, -0.15) is 0 Å². The Balaban J connectivity index is 0.000000309. The van der Waals surface area contributed by atoms with E-state index in [1.807, 2.05) is 6.07 Å². The highest BCUT2D eigenvalue weighted by Gasteiger charge is 2.13. The number of nitrogen functional groups attached to an aromatic ring is 1. The van der Waals surface area contributed by atoms with Gasteiger partial charge in [-0.1, -0.05) is 50.6 Å². The number of aryl methyl sites for hydroxylation is 2. The second-order valence-corrected chi connectivity index (χ2v) is 7.47. The molecule has 0 atom stereocenters. The Labute approximate surface area is 172 Å². The molecule has 3 N–H and O–H groups in total. The molecule has 0 spiro atoms. The zero-order valence-corrected chi connectivity index (χ0v) is 18.9. The largest absolute Gasteiger partial charge is 0.494 e. The Morgan fingerprint density at radius 2 is 1.78 bits per heavy atom. The number of methoxy groups -OCH3 is 2. The summed E-state index contributed by atoms with van der Waals surface area (Å²) in [4.78, 5) is 0. The van der Waals surface area contributed by atoms with Crippen molar-refractivity contribution in [3.05, 3.63) is 51.5 Å². The van der Waals surface area contributed by atoms with Crippen LogP contribution in [0.2, 0.25) is 0 Å². The summed E-state index contributed by atoms with van der Waals surface area (Å²) in [6.45, 7) is 9.93. The van der Waals surface area contributed by atoms with Crippen molar-refractivity contribution in [3.8, 4) is 5.75 Å². The van der Waals surface area contributed by atoms with Crippen LogP contribution in [0.5, 0.6) is 5.75 Å². The highest BCUT2D eigenvalue weighted by molar-refractivity contribution is 9.10. The van der Waals surface area contributed by atoms with Crippen molar-refractivity contribution in [3.63, 3.8) is 0 Å². The van der Waals surface area contributed by atoms with Crippen LogP contribution in [0.4, 0.5) is 11.4 Å². The number of ether oxygens (including phenoxy) is 2. The average molecular weight is 437 g/mol. The van der Waals surface area contributed by atoms with E-state index in [4.69, 9.17) is 15.2 Å². The van der Waals surface area contributed by atoms with E-state index in [9.17, 15) is 0 Å². The second-order valence-electron chi connectivity index (χ2n) is 6.68. The monoisotopic (exact) mass is 436 g/mol. The first kappa shape index (κ1) is 23.3. The van der Waals surface area contributed by atoms with Gasteiger partial charge in [0.15, 0.2) is 0 Å². The van der Waals surface area contributed by atoms with Crippen LogP contribution in [0.1, 0.15) is 43.4 Å². The zero-order valence-electron chi connectivity index (χ0n) is 17.4. The molecule has 0 saturated heterocycles. The summed E-state index contributed by atoms with van der Waals surface area (Å²) in [6.07, 6.45) is 0.902. The molecule has 0 aliphatic heterocycles. The maximum absolute atomic E-state index is 6.09. The van der Waals surface area contributed by atoms with Gasteiger partial charge in [0, 0.05) is 18.1 Å². The lowest BCUT2D eigenvalue weighted by molar-refractivity contribution is 0.210. The molecule has 0 aromatic heterocycles. The molecule has 2 aromatic rings. The average Bonchev–Trinajstić information content (AvgIpc) is 2.66. The van der Waals surface area contributed by atoms with Crippen LogP contribution in [-0.4, -0.2) is 27.4 Å². The topological polar surface area (TPSA) is 56.5 Å². The fraction of sp³-hybridized carbons (Fsp3) is 0.455. The molecular formula is C22H33BrN2O2. The van der Waals surface area contributed by atoms with Crippen molar-refractivity contribution >= 4 is 27.3 Å². The van der Waals surface area contributed by atoms with Crippen molar-refractivity contribution in [2.24, 2.45) is 0 Å². The first-order valence-electron chi connectivity index (χ1n) is 9.29. The minimum Gasteiger partial charge on any atom is -0.494 e. The van der Waals surface area contributed by atoms with Gasteiger partial charge >= 0.3 is 0 Å². The van der Waals surface area contributed by atoms with E-state index in [0.717, 1.165) is 27.9 Å². The molecule has 4 nitrogen and oxygen atoms in total. The Bertz CT molecular complexity index is 700. The van der Waals surface area contributed by atoms with E-state index in [2.05, 4.69) is 73.2 Å². The third-order valence-electron chi connectivity index (χ3n) is 4.29. The maximum atomic E-state index is 6.09. The Morgan fingerprint density at radius 1 is 1.15 bits per heavy atom. The van der Waals surface area contributed by atoms with Crippen molar-refractivity contribution < 1.29 is 9.47 Å². The van der Waals surface area contributed by atoms with Crippen LogP contribution >= 0.6 is 15.9 Å². The molecular weight excluding hydrogens is 404 g/mol. The van der Waals surface area contributed by atoms with E-state index < -0.39 is 0 Å². The normalized spacial score (nSPS) is 10.4. The number of hydrogen-bond acceptors (Lipinski definition) is 4. The lowest BCUT2D eigenvalue weighted by atomic mass is 10.0. The molecule has 0 heterocycles. The molecule has 27 heavy (non-hydrogen) atoms. The molecule has 0 radical (unpaired) electrons. The Kier molecular flexibility index (Phi) is 10.3. The van der Waals surface area contributed by atoms with Crippen molar-refractivity contribution in [2.75, 3.05) is 38.4 Å². The van der Waals surface area contributed by atoms with Crippen molar-refractivity contribution in [1.82, 2.24) is 0 Å². The molecule has 0 fully saturated rings. The molecule has 150 valence electrons. The summed E-state index contributed by atoms with van der Waals surface area (Å²) in [6, 6.07) is 10.7. The molecule has 0 aliphatic carbocycles. The molecule has 2 rings (SSSR count). The Hall–Kier alpha value is -1.72. The number of benzene rings is 2. The van der Waals surface area contributed by atoms with Gasteiger partial charge in [-0.25, -0.2) is 0 Å². The number of rotatable bonds is 7. The van der Waals surface area contributed by atoms with E-state index >= 15 is 0 Å². The Morgan fingerprint density at radius 3 is 2.26 bits per heavy atom. The lowest BCUT2D eigenvalue weighted by Crippen LogP contribution is -2.11. The summed E-state index contributed by atoms with van der Waals surface area (Å²) in [7, 11) is 3.31. The quantitative estimate of drug-likeness (QED) is 0.426. The molecule has 0 amide bonds. The van der Waals surface area contributed by atoms with Crippen LogP contribution in [0.25, 0.3) is 0 Å². The highest BCUT2D eigenvalue weighted by atomic mass is 79.9. The molecule has 5 heteroatoms. The standard InChI is InChI=1S/C12H19BrN2O2.C10H14/c1-4-8-7-9(17-3)12(11(14)10(8)13)15-5-6-16-2;1-8(2)10-6-4-9(3)5-7-10/h7,15H,4-6,14H2,1-3H3;4-8H,1-3H3. The third-order valence-corrected chi connectivity index (χ3v) is 5.23. The first-order valence-corrected chi connectivity index (χ1v) is 10.1. The van der Waals surface area contributed by atoms with E-state index in [-0.39, 0.29) is 0 Å². The number of anilines is 2. The minimum atomic E-state index is 0.621. The molecule has 0 unspecified atom stereocenters. The molecule has 0 aliphatic rings. The van der Waals surface area contributed by atoms with Gasteiger partial charge in [-0.3, -0.25) is 0 Å². The van der Waals surface area contributed by atoms with Gasteiger partial charge in [0.25, 0.3) is 0 Å². The zero-order chi connectivity index (χ0) is 20.4. The van der Waals surface area contributed by atoms with Gasteiger partial charge in [0.2, 0.25) is 0 Å². The van der Waals surface area contributed by atoms with Crippen LogP contribution in [0.3, 0.4) is 0 Å². The summed E-state index contributed by atoms with van der Waals surface area (Å²) in [5, 5.41) is 3.22. The minimum absolute atomic E-state index is 0.621. The number of nitrogens with one attached hydrogen (secondary N) is 1. The van der Waals surface area contributed by atoms with Gasteiger partial charge in [-0.05, 0) is 52.4 Å². The lowest BCUT2D eigenvalue weighted by Gasteiger charge is -2.17. The predicted molar refractivity (Wildman–Crippen MR) is 120 cm³/mol. The SMILES string of the molecule is CCc1cc(OC)c(NCCOC)c(N)c1Br.Cc1ccc(C(C)C)cc1. The first-order chi connectivity index (χ1) is 12.8. The smallest absolute Gasteiger partial charge is 0.144 e. The van der Waals surface area contributed by atoms with Crippen molar-refractivity contribution in [1.29, 1.82) is 0 Å². The van der Waals surface area contributed by atoms with Crippen LogP contribution in [0, 0.1) is 6.92 Å². The van der Waals surface area contributed by atoms with Gasteiger partial charge in [0.1, 0.15) is 11.4 Å². The molecule has 0 saturated carbocycles. The summed E-state index contributed by atoms with van der Waals surface area (Å²) in [5.74, 6) is 1.42. The van der Waals surface area contributed by atoms with Crippen LogP contribution < -0.4 is 15.8 Å².